The zero-order chi connectivity index (χ0) is 12.1. The van der Waals surface area contributed by atoms with Crippen molar-refractivity contribution in [1.29, 1.82) is 0 Å². The van der Waals surface area contributed by atoms with E-state index in [1.54, 1.807) is 13.1 Å². The van der Waals surface area contributed by atoms with Gasteiger partial charge in [-0.3, -0.25) is 4.98 Å². The van der Waals surface area contributed by atoms with Gasteiger partial charge in [0.1, 0.15) is 0 Å². The molecule has 1 atom stereocenters. The van der Waals surface area contributed by atoms with E-state index in [0.29, 0.717) is 6.61 Å². The number of carbonyl (C=O) groups excluding carboxylic acids is 1. The molecule has 1 unspecified atom stereocenters. The molecule has 0 aromatic carbocycles. The van der Waals surface area contributed by atoms with Crippen LogP contribution in [0, 0.1) is 11.8 Å². The van der Waals surface area contributed by atoms with Crippen LogP contribution in [0.3, 0.4) is 0 Å². The molecule has 0 saturated heterocycles. The first-order valence-electron chi connectivity index (χ1n) is 5.93. The summed E-state index contributed by atoms with van der Waals surface area (Å²) in [5.74, 6) is 5.14. The Bertz CT molecular complexity index is 471. The highest BCUT2D eigenvalue weighted by Gasteiger charge is 2.19. The maximum atomic E-state index is 11.2. The third-order valence-corrected chi connectivity index (χ3v) is 2.82. The van der Waals surface area contributed by atoms with E-state index in [0.717, 1.165) is 25.0 Å². The molecule has 0 saturated carbocycles. The molecule has 3 heteroatoms. The van der Waals surface area contributed by atoms with Gasteiger partial charge in [0.2, 0.25) is 0 Å². The monoisotopic (exact) mass is 229 g/mol. The molecular weight excluding hydrogens is 214 g/mol. The fraction of sp³-hybridized carbons (Fsp3) is 0.429. The number of hydrogen-bond acceptors (Lipinski definition) is 3. The standard InChI is InChI=1S/C14H15NO2/c1-2-17-13(16)9-8-12-6-3-5-11-7-4-10-15-14(11)12/h4,7,10,12H,2-3,5-6H2,1H3. The Balaban J connectivity index is 2.16. The number of rotatable bonds is 1. The van der Waals surface area contributed by atoms with Gasteiger partial charge in [0.15, 0.2) is 0 Å². The minimum Gasteiger partial charge on any atom is -0.456 e. The summed E-state index contributed by atoms with van der Waals surface area (Å²) in [5, 5.41) is 0. The van der Waals surface area contributed by atoms with E-state index in [9.17, 15) is 4.79 Å². The second-order valence-corrected chi connectivity index (χ2v) is 3.98. The fourth-order valence-electron chi connectivity index (χ4n) is 2.06. The van der Waals surface area contributed by atoms with Crippen molar-refractivity contribution >= 4 is 5.97 Å². The Morgan fingerprint density at radius 2 is 2.53 bits per heavy atom. The summed E-state index contributed by atoms with van der Waals surface area (Å²) in [4.78, 5) is 15.6. The van der Waals surface area contributed by atoms with Gasteiger partial charge < -0.3 is 4.74 Å². The van der Waals surface area contributed by atoms with Crippen LogP contribution in [-0.2, 0) is 16.0 Å². The molecule has 1 aromatic rings. The van der Waals surface area contributed by atoms with E-state index in [-0.39, 0.29) is 5.92 Å². The average Bonchev–Trinajstić information content (AvgIpc) is 2.36. The summed E-state index contributed by atoms with van der Waals surface area (Å²) in [5.41, 5.74) is 2.28. The lowest BCUT2D eigenvalue weighted by Gasteiger charge is -2.19. The van der Waals surface area contributed by atoms with Crippen LogP contribution in [0.1, 0.15) is 36.9 Å². The van der Waals surface area contributed by atoms with E-state index < -0.39 is 5.97 Å². The van der Waals surface area contributed by atoms with Gasteiger partial charge in [0, 0.05) is 12.1 Å². The maximum Gasteiger partial charge on any atom is 0.384 e. The predicted octanol–water partition coefficient (Wildman–Crippen LogP) is 2.07. The number of carbonyl (C=O) groups is 1. The van der Waals surface area contributed by atoms with Crippen LogP contribution in [0.4, 0.5) is 0 Å². The predicted molar refractivity (Wildman–Crippen MR) is 64.3 cm³/mol. The number of nitrogens with zero attached hydrogens (tertiary/aromatic N) is 1. The van der Waals surface area contributed by atoms with E-state index in [4.69, 9.17) is 4.74 Å². The highest BCUT2D eigenvalue weighted by molar-refractivity contribution is 5.88. The van der Waals surface area contributed by atoms with E-state index in [1.165, 1.54) is 5.56 Å². The fourth-order valence-corrected chi connectivity index (χ4v) is 2.06. The summed E-state index contributed by atoms with van der Waals surface area (Å²) < 4.78 is 4.79. The largest absolute Gasteiger partial charge is 0.456 e. The van der Waals surface area contributed by atoms with Crippen molar-refractivity contribution in [1.82, 2.24) is 4.98 Å². The molecule has 0 fully saturated rings. The lowest BCUT2D eigenvalue weighted by molar-refractivity contribution is -0.136. The van der Waals surface area contributed by atoms with Gasteiger partial charge in [-0.15, -0.1) is 0 Å². The number of pyridine rings is 1. The quantitative estimate of drug-likeness (QED) is 0.420. The smallest absolute Gasteiger partial charge is 0.384 e. The zero-order valence-electron chi connectivity index (χ0n) is 9.90. The Morgan fingerprint density at radius 1 is 1.65 bits per heavy atom. The third-order valence-electron chi connectivity index (χ3n) is 2.82. The van der Waals surface area contributed by atoms with Crippen molar-refractivity contribution < 1.29 is 9.53 Å². The van der Waals surface area contributed by atoms with Gasteiger partial charge in [-0.25, -0.2) is 4.79 Å². The van der Waals surface area contributed by atoms with Crippen molar-refractivity contribution in [3.8, 4) is 11.8 Å². The number of ether oxygens (including phenoxy) is 1. The van der Waals surface area contributed by atoms with Crippen molar-refractivity contribution in [2.24, 2.45) is 0 Å². The Labute approximate surface area is 101 Å². The molecule has 2 rings (SSSR count). The van der Waals surface area contributed by atoms with E-state index in [1.807, 2.05) is 6.07 Å². The van der Waals surface area contributed by atoms with Gasteiger partial charge in [0.25, 0.3) is 0 Å². The van der Waals surface area contributed by atoms with Crippen LogP contribution in [0.5, 0.6) is 0 Å². The number of aromatic nitrogens is 1. The third kappa shape index (κ3) is 2.85. The average molecular weight is 229 g/mol. The normalized spacial score (nSPS) is 17.6. The second kappa shape index (κ2) is 5.49. The van der Waals surface area contributed by atoms with Gasteiger partial charge in [-0.05, 0) is 37.8 Å². The highest BCUT2D eigenvalue weighted by atomic mass is 16.5. The zero-order valence-corrected chi connectivity index (χ0v) is 9.90. The number of hydrogen-bond donors (Lipinski definition) is 0. The van der Waals surface area contributed by atoms with Crippen molar-refractivity contribution in [2.45, 2.75) is 32.1 Å². The Morgan fingerprint density at radius 3 is 3.35 bits per heavy atom. The van der Waals surface area contributed by atoms with Crippen LogP contribution >= 0.6 is 0 Å². The highest BCUT2D eigenvalue weighted by Crippen LogP contribution is 2.28. The molecule has 0 bridgehead atoms. The van der Waals surface area contributed by atoms with Gasteiger partial charge in [-0.1, -0.05) is 12.0 Å². The number of aryl methyl sites for hydroxylation is 1. The van der Waals surface area contributed by atoms with Crippen molar-refractivity contribution in [3.05, 3.63) is 29.6 Å². The molecule has 17 heavy (non-hydrogen) atoms. The molecule has 88 valence electrons. The van der Waals surface area contributed by atoms with Gasteiger partial charge >= 0.3 is 5.97 Å². The van der Waals surface area contributed by atoms with Crippen LogP contribution in [0.15, 0.2) is 18.3 Å². The summed E-state index contributed by atoms with van der Waals surface area (Å²) in [6.45, 7) is 2.14. The van der Waals surface area contributed by atoms with Crippen molar-refractivity contribution in [3.63, 3.8) is 0 Å². The first kappa shape index (κ1) is 11.7. The van der Waals surface area contributed by atoms with Crippen LogP contribution < -0.4 is 0 Å². The second-order valence-electron chi connectivity index (χ2n) is 3.98. The summed E-state index contributed by atoms with van der Waals surface area (Å²) in [6.07, 6.45) is 4.90. The number of esters is 1. The molecular formula is C14H15NO2. The molecule has 0 amide bonds. The Kier molecular flexibility index (Phi) is 3.77. The van der Waals surface area contributed by atoms with Crippen LogP contribution in [0.25, 0.3) is 0 Å². The molecule has 1 aliphatic rings. The van der Waals surface area contributed by atoms with Crippen LogP contribution in [0.2, 0.25) is 0 Å². The van der Waals surface area contributed by atoms with E-state index in [2.05, 4.69) is 22.9 Å². The molecule has 0 N–H and O–H groups in total. The molecule has 1 aliphatic carbocycles. The summed E-state index contributed by atoms with van der Waals surface area (Å²) in [7, 11) is 0. The minimum absolute atomic E-state index is 0.0735. The molecule has 1 aromatic heterocycles. The summed E-state index contributed by atoms with van der Waals surface area (Å²) in [6, 6.07) is 4.03. The molecule has 0 radical (unpaired) electrons. The molecule has 0 spiro atoms. The van der Waals surface area contributed by atoms with Gasteiger partial charge in [0.05, 0.1) is 18.2 Å². The topological polar surface area (TPSA) is 39.2 Å². The lowest BCUT2D eigenvalue weighted by Crippen LogP contribution is -2.11. The lowest BCUT2D eigenvalue weighted by atomic mass is 9.87. The Hall–Kier alpha value is -1.82. The maximum absolute atomic E-state index is 11.2. The first-order chi connectivity index (χ1) is 8.31. The molecule has 0 aliphatic heterocycles. The van der Waals surface area contributed by atoms with E-state index >= 15 is 0 Å². The first-order valence-corrected chi connectivity index (χ1v) is 5.93. The molecule has 1 heterocycles. The van der Waals surface area contributed by atoms with Crippen molar-refractivity contribution in [2.75, 3.05) is 6.61 Å². The van der Waals surface area contributed by atoms with Gasteiger partial charge in [-0.2, -0.15) is 0 Å². The minimum atomic E-state index is -0.449. The van der Waals surface area contributed by atoms with Crippen LogP contribution in [-0.4, -0.2) is 17.6 Å². The number of fused-ring (bicyclic) bond motifs is 1. The summed E-state index contributed by atoms with van der Waals surface area (Å²) >= 11 is 0. The SMILES string of the molecule is CCOC(=O)C#CC1CCCc2cccnc21. The molecule has 3 nitrogen and oxygen atoms in total.